The van der Waals surface area contributed by atoms with Crippen LogP contribution in [0.1, 0.15) is 5.56 Å². The van der Waals surface area contributed by atoms with Gasteiger partial charge in [0.2, 0.25) is 0 Å². The zero-order valence-corrected chi connectivity index (χ0v) is 12.3. The Morgan fingerprint density at radius 1 is 1.33 bits per heavy atom. The van der Waals surface area contributed by atoms with Crippen LogP contribution >= 0.6 is 15.9 Å². The molecule has 1 rings (SSSR count). The van der Waals surface area contributed by atoms with Crippen molar-refractivity contribution in [2.45, 2.75) is 6.18 Å². The van der Waals surface area contributed by atoms with Crippen molar-refractivity contribution < 1.29 is 32.5 Å². The monoisotopic (exact) mass is 368 g/mol. The molecule has 1 aromatic rings. The van der Waals surface area contributed by atoms with Gasteiger partial charge in [-0.2, -0.15) is 13.2 Å². The highest BCUT2D eigenvalue weighted by Gasteiger charge is 2.27. The summed E-state index contributed by atoms with van der Waals surface area (Å²) in [4.78, 5) is 10.4. The lowest BCUT2D eigenvalue weighted by Crippen LogP contribution is -2.19. The van der Waals surface area contributed by atoms with E-state index in [1.54, 1.807) is 18.2 Å². The van der Waals surface area contributed by atoms with Crippen molar-refractivity contribution >= 4 is 28.0 Å². The molecular formula is C13H12BrF3O4. The van der Waals surface area contributed by atoms with E-state index in [1.807, 2.05) is 0 Å². The van der Waals surface area contributed by atoms with Crippen LogP contribution < -0.4 is 4.74 Å². The first-order valence-corrected chi connectivity index (χ1v) is 6.55. The molecule has 0 heterocycles. The number of aliphatic carboxylic acids is 1. The molecule has 0 radical (unpaired) electrons. The summed E-state index contributed by atoms with van der Waals surface area (Å²) in [6.45, 7) is -1.53. The summed E-state index contributed by atoms with van der Waals surface area (Å²) >= 11 is 3.23. The van der Waals surface area contributed by atoms with Crippen molar-refractivity contribution in [2.75, 3.05) is 19.8 Å². The molecule has 116 valence electrons. The highest BCUT2D eigenvalue weighted by atomic mass is 79.9. The van der Waals surface area contributed by atoms with Gasteiger partial charge in [-0.15, -0.1) is 0 Å². The maximum absolute atomic E-state index is 11.8. The number of carbonyl (C=O) groups is 1. The summed E-state index contributed by atoms with van der Waals surface area (Å²) in [5.41, 5.74) is 0.643. The van der Waals surface area contributed by atoms with Crippen molar-refractivity contribution in [1.82, 2.24) is 0 Å². The van der Waals surface area contributed by atoms with E-state index in [0.29, 0.717) is 15.8 Å². The Labute approximate surface area is 127 Å². The second-order valence-corrected chi connectivity index (χ2v) is 4.73. The molecule has 0 atom stereocenters. The molecule has 21 heavy (non-hydrogen) atoms. The number of rotatable bonds is 7. The van der Waals surface area contributed by atoms with Gasteiger partial charge in [0.15, 0.2) is 0 Å². The van der Waals surface area contributed by atoms with Crippen LogP contribution in [0, 0.1) is 0 Å². The van der Waals surface area contributed by atoms with Crippen molar-refractivity contribution in [3.8, 4) is 5.75 Å². The van der Waals surface area contributed by atoms with Crippen molar-refractivity contribution in [3.05, 3.63) is 34.3 Å². The Kier molecular flexibility index (Phi) is 6.70. The van der Waals surface area contributed by atoms with Gasteiger partial charge in [0, 0.05) is 6.08 Å². The maximum Gasteiger partial charge on any atom is 0.411 e. The Hall–Kier alpha value is -1.54. The van der Waals surface area contributed by atoms with E-state index in [-0.39, 0.29) is 13.2 Å². The van der Waals surface area contributed by atoms with Gasteiger partial charge in [0.1, 0.15) is 19.0 Å². The predicted octanol–water partition coefficient (Wildman–Crippen LogP) is 3.50. The number of carboxylic acid groups (broad SMARTS) is 1. The van der Waals surface area contributed by atoms with Gasteiger partial charge in [0.05, 0.1) is 11.1 Å². The van der Waals surface area contributed by atoms with E-state index in [9.17, 15) is 18.0 Å². The second kappa shape index (κ2) is 8.04. The van der Waals surface area contributed by atoms with E-state index >= 15 is 0 Å². The van der Waals surface area contributed by atoms with Gasteiger partial charge in [-0.25, -0.2) is 4.79 Å². The van der Waals surface area contributed by atoms with Crippen molar-refractivity contribution in [1.29, 1.82) is 0 Å². The number of alkyl halides is 3. The number of hydrogen-bond acceptors (Lipinski definition) is 3. The summed E-state index contributed by atoms with van der Waals surface area (Å²) in [5.74, 6) is -0.633. The Bertz CT molecular complexity index is 515. The Balaban J connectivity index is 2.44. The Morgan fingerprint density at radius 3 is 2.62 bits per heavy atom. The van der Waals surface area contributed by atoms with Crippen LogP contribution in [0.25, 0.3) is 6.08 Å². The Morgan fingerprint density at radius 2 is 2.05 bits per heavy atom. The molecule has 8 heteroatoms. The van der Waals surface area contributed by atoms with Gasteiger partial charge in [-0.1, -0.05) is 6.07 Å². The van der Waals surface area contributed by atoms with E-state index in [2.05, 4.69) is 20.7 Å². The molecule has 1 aromatic carbocycles. The first-order chi connectivity index (χ1) is 9.78. The minimum atomic E-state index is -4.35. The quantitative estimate of drug-likeness (QED) is 0.591. The summed E-state index contributed by atoms with van der Waals surface area (Å²) < 4.78 is 45.7. The van der Waals surface area contributed by atoms with E-state index < -0.39 is 18.8 Å². The lowest BCUT2D eigenvalue weighted by molar-refractivity contribution is -0.175. The molecule has 0 aliphatic carbocycles. The summed E-state index contributed by atoms with van der Waals surface area (Å²) in [5, 5.41) is 8.51. The average Bonchev–Trinajstić information content (AvgIpc) is 2.36. The predicted molar refractivity (Wildman–Crippen MR) is 73.2 cm³/mol. The number of halogens is 4. The smallest absolute Gasteiger partial charge is 0.411 e. The maximum atomic E-state index is 11.8. The van der Waals surface area contributed by atoms with Crippen LogP contribution in [-0.2, 0) is 9.53 Å². The highest BCUT2D eigenvalue weighted by Crippen LogP contribution is 2.26. The lowest BCUT2D eigenvalue weighted by atomic mass is 10.2. The molecule has 1 N–H and O–H groups in total. The first-order valence-electron chi connectivity index (χ1n) is 5.76. The fraction of sp³-hybridized carbons (Fsp3) is 0.308. The highest BCUT2D eigenvalue weighted by molar-refractivity contribution is 9.10. The molecule has 0 amide bonds. The summed E-state index contributed by atoms with van der Waals surface area (Å²) in [6.07, 6.45) is -1.95. The summed E-state index contributed by atoms with van der Waals surface area (Å²) in [7, 11) is 0. The third-order valence-corrected chi connectivity index (χ3v) is 2.74. The molecule has 0 saturated heterocycles. The van der Waals surface area contributed by atoms with Gasteiger partial charge in [-0.3, -0.25) is 0 Å². The fourth-order valence-electron chi connectivity index (χ4n) is 1.30. The summed E-state index contributed by atoms with van der Waals surface area (Å²) in [6, 6.07) is 4.83. The largest absolute Gasteiger partial charge is 0.490 e. The minimum Gasteiger partial charge on any atom is -0.490 e. The molecule has 0 aliphatic heterocycles. The molecule has 0 saturated carbocycles. The van der Waals surface area contributed by atoms with Gasteiger partial charge in [0.25, 0.3) is 0 Å². The fourth-order valence-corrected chi connectivity index (χ4v) is 1.81. The standard InChI is InChI=1S/C13H12BrF3O4/c14-10-7-9(2-4-12(18)19)1-3-11(10)21-6-5-20-8-13(15,16)17/h1-4,7H,5-6,8H2,(H,18,19). The zero-order valence-electron chi connectivity index (χ0n) is 10.7. The normalized spacial score (nSPS) is 11.8. The van der Waals surface area contributed by atoms with Gasteiger partial charge >= 0.3 is 12.1 Å². The van der Waals surface area contributed by atoms with Crippen molar-refractivity contribution in [2.24, 2.45) is 0 Å². The molecule has 0 aliphatic rings. The topological polar surface area (TPSA) is 55.8 Å². The number of hydrogen-bond donors (Lipinski definition) is 1. The van der Waals surface area contributed by atoms with Crippen LogP contribution in [0.4, 0.5) is 13.2 Å². The van der Waals surface area contributed by atoms with Crippen LogP contribution in [0.5, 0.6) is 5.75 Å². The van der Waals surface area contributed by atoms with Crippen LogP contribution in [-0.4, -0.2) is 37.1 Å². The molecule has 4 nitrogen and oxygen atoms in total. The van der Waals surface area contributed by atoms with E-state index in [1.165, 1.54) is 6.08 Å². The zero-order chi connectivity index (χ0) is 15.9. The van der Waals surface area contributed by atoms with Gasteiger partial charge in [-0.05, 0) is 39.7 Å². The number of benzene rings is 1. The van der Waals surface area contributed by atoms with Crippen LogP contribution in [0.3, 0.4) is 0 Å². The minimum absolute atomic E-state index is 0.0288. The lowest BCUT2D eigenvalue weighted by Gasteiger charge is -2.10. The molecule has 0 unspecified atom stereocenters. The van der Waals surface area contributed by atoms with Crippen LogP contribution in [0.2, 0.25) is 0 Å². The molecular weight excluding hydrogens is 357 g/mol. The average molecular weight is 369 g/mol. The molecule has 0 fully saturated rings. The van der Waals surface area contributed by atoms with Crippen LogP contribution in [0.15, 0.2) is 28.7 Å². The van der Waals surface area contributed by atoms with Crippen molar-refractivity contribution in [3.63, 3.8) is 0 Å². The SMILES string of the molecule is O=C(O)C=Cc1ccc(OCCOCC(F)(F)F)c(Br)c1. The number of carboxylic acids is 1. The third kappa shape index (κ3) is 7.72. The third-order valence-electron chi connectivity index (χ3n) is 2.13. The van der Waals surface area contributed by atoms with E-state index in [4.69, 9.17) is 9.84 Å². The second-order valence-electron chi connectivity index (χ2n) is 3.88. The first kappa shape index (κ1) is 17.5. The molecule has 0 aromatic heterocycles. The molecule has 0 bridgehead atoms. The molecule has 0 spiro atoms. The number of ether oxygens (including phenoxy) is 2. The van der Waals surface area contributed by atoms with E-state index in [0.717, 1.165) is 6.08 Å². The van der Waals surface area contributed by atoms with Gasteiger partial charge < -0.3 is 14.6 Å².